The molecule has 1 aliphatic rings. The first kappa shape index (κ1) is 12.2. The van der Waals surface area contributed by atoms with E-state index in [1.807, 2.05) is 32.0 Å². The predicted molar refractivity (Wildman–Crippen MR) is 70.4 cm³/mol. The standard InChI is InChI=1S/C13H17ClN2O/c1-8-3-4-10(14)7-12(8)15-9(2)13(17)16-11-5-6-11/h3-4,7,9,11,15H,5-6H2,1-2H3,(H,16,17)/t9-/m0/s1. The Bertz CT molecular complexity index is 429. The molecule has 0 aliphatic heterocycles. The molecule has 92 valence electrons. The molecule has 1 aromatic rings. The molecule has 0 bridgehead atoms. The molecule has 1 aromatic carbocycles. The molecule has 0 radical (unpaired) electrons. The van der Waals surface area contributed by atoms with Gasteiger partial charge in [0.05, 0.1) is 0 Å². The highest BCUT2D eigenvalue weighted by Gasteiger charge is 2.25. The Morgan fingerprint density at radius 3 is 2.82 bits per heavy atom. The van der Waals surface area contributed by atoms with Gasteiger partial charge in [-0.3, -0.25) is 4.79 Å². The maximum absolute atomic E-state index is 11.8. The summed E-state index contributed by atoms with van der Waals surface area (Å²) in [5.74, 6) is 0.0480. The third kappa shape index (κ3) is 3.37. The number of rotatable bonds is 4. The number of carbonyl (C=O) groups excluding carboxylic acids is 1. The van der Waals surface area contributed by atoms with Crippen molar-refractivity contribution in [3.8, 4) is 0 Å². The summed E-state index contributed by atoms with van der Waals surface area (Å²) in [5.41, 5.74) is 2.00. The zero-order valence-electron chi connectivity index (χ0n) is 10.1. The van der Waals surface area contributed by atoms with Gasteiger partial charge in [0, 0.05) is 16.8 Å². The van der Waals surface area contributed by atoms with Crippen molar-refractivity contribution >= 4 is 23.2 Å². The summed E-state index contributed by atoms with van der Waals surface area (Å²) < 4.78 is 0. The van der Waals surface area contributed by atoms with Gasteiger partial charge in [-0.25, -0.2) is 0 Å². The lowest BCUT2D eigenvalue weighted by molar-refractivity contribution is -0.121. The van der Waals surface area contributed by atoms with Crippen LogP contribution >= 0.6 is 11.6 Å². The Labute approximate surface area is 107 Å². The summed E-state index contributed by atoms with van der Waals surface area (Å²) in [6.07, 6.45) is 2.21. The van der Waals surface area contributed by atoms with E-state index in [1.165, 1.54) is 0 Å². The molecular formula is C13H17ClN2O. The van der Waals surface area contributed by atoms with Crippen LogP contribution in [0.2, 0.25) is 5.02 Å². The summed E-state index contributed by atoms with van der Waals surface area (Å²) in [6.45, 7) is 3.85. The molecule has 0 saturated heterocycles. The molecule has 1 amide bonds. The Kier molecular flexibility index (Phi) is 3.57. The fourth-order valence-electron chi connectivity index (χ4n) is 1.60. The Morgan fingerprint density at radius 2 is 2.18 bits per heavy atom. The zero-order chi connectivity index (χ0) is 12.4. The Balaban J connectivity index is 1.98. The maximum Gasteiger partial charge on any atom is 0.242 e. The molecule has 1 saturated carbocycles. The number of aryl methyl sites for hydroxylation is 1. The first-order chi connectivity index (χ1) is 8.06. The second-order valence-electron chi connectivity index (χ2n) is 4.61. The number of hydrogen-bond donors (Lipinski definition) is 2. The van der Waals surface area contributed by atoms with Crippen LogP contribution in [0.1, 0.15) is 25.3 Å². The van der Waals surface area contributed by atoms with E-state index in [-0.39, 0.29) is 11.9 Å². The second-order valence-corrected chi connectivity index (χ2v) is 5.04. The van der Waals surface area contributed by atoms with Crippen LogP contribution in [0.15, 0.2) is 18.2 Å². The molecule has 4 heteroatoms. The summed E-state index contributed by atoms with van der Waals surface area (Å²) >= 11 is 5.93. The van der Waals surface area contributed by atoms with Gasteiger partial charge < -0.3 is 10.6 Å². The largest absolute Gasteiger partial charge is 0.374 e. The van der Waals surface area contributed by atoms with Crippen molar-refractivity contribution in [3.63, 3.8) is 0 Å². The van der Waals surface area contributed by atoms with Crippen LogP contribution in [-0.4, -0.2) is 18.0 Å². The summed E-state index contributed by atoms with van der Waals surface area (Å²) in [4.78, 5) is 11.8. The number of benzene rings is 1. The third-order valence-electron chi connectivity index (χ3n) is 2.89. The SMILES string of the molecule is Cc1ccc(Cl)cc1N[C@@H](C)C(=O)NC1CC1. The summed E-state index contributed by atoms with van der Waals surface area (Å²) in [7, 11) is 0. The molecule has 2 N–H and O–H groups in total. The molecule has 17 heavy (non-hydrogen) atoms. The topological polar surface area (TPSA) is 41.1 Å². The van der Waals surface area contributed by atoms with Crippen molar-refractivity contribution in [1.82, 2.24) is 5.32 Å². The van der Waals surface area contributed by atoms with Crippen LogP contribution in [0.5, 0.6) is 0 Å². The predicted octanol–water partition coefficient (Wildman–Crippen LogP) is 2.73. The minimum atomic E-state index is -0.243. The number of amides is 1. The molecular weight excluding hydrogens is 236 g/mol. The van der Waals surface area contributed by atoms with Crippen molar-refractivity contribution in [3.05, 3.63) is 28.8 Å². The van der Waals surface area contributed by atoms with Gasteiger partial charge in [0.2, 0.25) is 5.91 Å². The zero-order valence-corrected chi connectivity index (χ0v) is 10.8. The van der Waals surface area contributed by atoms with E-state index in [9.17, 15) is 4.79 Å². The summed E-state index contributed by atoms with van der Waals surface area (Å²) in [5, 5.41) is 6.83. The number of halogens is 1. The molecule has 2 rings (SSSR count). The lowest BCUT2D eigenvalue weighted by Gasteiger charge is -2.16. The van der Waals surface area contributed by atoms with E-state index < -0.39 is 0 Å². The highest BCUT2D eigenvalue weighted by molar-refractivity contribution is 6.30. The van der Waals surface area contributed by atoms with Crippen molar-refractivity contribution in [2.24, 2.45) is 0 Å². The van der Waals surface area contributed by atoms with E-state index in [4.69, 9.17) is 11.6 Å². The van der Waals surface area contributed by atoms with Crippen molar-refractivity contribution in [1.29, 1.82) is 0 Å². The van der Waals surface area contributed by atoms with Crippen LogP contribution < -0.4 is 10.6 Å². The highest BCUT2D eigenvalue weighted by atomic mass is 35.5. The molecule has 0 unspecified atom stereocenters. The van der Waals surface area contributed by atoms with E-state index in [0.29, 0.717) is 11.1 Å². The second kappa shape index (κ2) is 4.96. The fraction of sp³-hybridized carbons (Fsp3) is 0.462. The van der Waals surface area contributed by atoms with Gasteiger partial charge in [-0.15, -0.1) is 0 Å². The molecule has 1 atom stereocenters. The Morgan fingerprint density at radius 1 is 1.47 bits per heavy atom. The third-order valence-corrected chi connectivity index (χ3v) is 3.12. The van der Waals surface area contributed by atoms with Gasteiger partial charge in [-0.2, -0.15) is 0 Å². The fourth-order valence-corrected chi connectivity index (χ4v) is 1.77. The van der Waals surface area contributed by atoms with Crippen LogP contribution in [0.3, 0.4) is 0 Å². The van der Waals surface area contributed by atoms with Crippen molar-refractivity contribution < 1.29 is 4.79 Å². The average molecular weight is 253 g/mol. The van der Waals surface area contributed by atoms with Crippen LogP contribution in [0, 0.1) is 6.92 Å². The number of anilines is 1. The molecule has 3 nitrogen and oxygen atoms in total. The van der Waals surface area contributed by atoms with Gasteiger partial charge in [0.15, 0.2) is 0 Å². The van der Waals surface area contributed by atoms with Gasteiger partial charge in [-0.1, -0.05) is 17.7 Å². The van der Waals surface area contributed by atoms with Gasteiger partial charge >= 0.3 is 0 Å². The highest BCUT2D eigenvalue weighted by Crippen LogP contribution is 2.22. The van der Waals surface area contributed by atoms with E-state index >= 15 is 0 Å². The van der Waals surface area contributed by atoms with Crippen molar-refractivity contribution in [2.75, 3.05) is 5.32 Å². The van der Waals surface area contributed by atoms with Crippen molar-refractivity contribution in [2.45, 2.75) is 38.8 Å². The molecule has 0 heterocycles. The average Bonchev–Trinajstić information content (AvgIpc) is 3.07. The van der Waals surface area contributed by atoms with E-state index in [2.05, 4.69) is 10.6 Å². The minimum Gasteiger partial charge on any atom is -0.374 e. The minimum absolute atomic E-state index is 0.0480. The number of hydrogen-bond acceptors (Lipinski definition) is 2. The number of nitrogens with one attached hydrogen (secondary N) is 2. The van der Waals surface area contributed by atoms with E-state index in [0.717, 1.165) is 24.1 Å². The van der Waals surface area contributed by atoms with Crippen LogP contribution in [0.4, 0.5) is 5.69 Å². The van der Waals surface area contributed by atoms with Gasteiger partial charge in [0.1, 0.15) is 6.04 Å². The number of carbonyl (C=O) groups is 1. The molecule has 0 aromatic heterocycles. The quantitative estimate of drug-likeness (QED) is 0.865. The van der Waals surface area contributed by atoms with Crippen LogP contribution in [0.25, 0.3) is 0 Å². The first-order valence-corrected chi connectivity index (χ1v) is 6.27. The molecule has 0 spiro atoms. The molecule has 1 aliphatic carbocycles. The normalized spacial score (nSPS) is 16.4. The van der Waals surface area contributed by atoms with Crippen LogP contribution in [-0.2, 0) is 4.79 Å². The summed E-state index contributed by atoms with van der Waals surface area (Å²) in [6, 6.07) is 5.78. The Hall–Kier alpha value is -1.22. The van der Waals surface area contributed by atoms with Gasteiger partial charge in [0.25, 0.3) is 0 Å². The smallest absolute Gasteiger partial charge is 0.242 e. The van der Waals surface area contributed by atoms with E-state index in [1.54, 1.807) is 0 Å². The van der Waals surface area contributed by atoms with Gasteiger partial charge in [-0.05, 0) is 44.4 Å². The first-order valence-electron chi connectivity index (χ1n) is 5.89. The molecule has 1 fully saturated rings. The monoisotopic (exact) mass is 252 g/mol. The lowest BCUT2D eigenvalue weighted by atomic mass is 10.2. The lowest BCUT2D eigenvalue weighted by Crippen LogP contribution is -2.38. The maximum atomic E-state index is 11.8.